The average molecular weight is 417 g/mol. The number of rotatable bonds is 3. The van der Waals surface area contributed by atoms with Gasteiger partial charge in [-0.2, -0.15) is 13.2 Å². The van der Waals surface area contributed by atoms with Crippen LogP contribution in [0.3, 0.4) is 0 Å². The molecular weight excluding hydrogens is 405 g/mol. The van der Waals surface area contributed by atoms with Gasteiger partial charge in [0, 0.05) is 16.1 Å². The number of anilines is 1. The predicted octanol–water partition coefficient (Wildman–Crippen LogP) is 6.42. The Hall–Kier alpha value is -3.32. The van der Waals surface area contributed by atoms with E-state index in [0.717, 1.165) is 6.07 Å². The maximum Gasteiger partial charge on any atom is 0.418 e. The second kappa shape index (κ2) is 7.25. The van der Waals surface area contributed by atoms with Crippen molar-refractivity contribution >= 4 is 34.1 Å². The Kier molecular flexibility index (Phi) is 4.76. The molecule has 0 unspecified atom stereocenters. The van der Waals surface area contributed by atoms with E-state index in [1.165, 1.54) is 30.3 Å². The van der Waals surface area contributed by atoms with Crippen LogP contribution in [0.25, 0.3) is 22.2 Å². The fourth-order valence-electron chi connectivity index (χ4n) is 2.93. The van der Waals surface area contributed by atoms with E-state index in [1.807, 2.05) is 0 Å². The molecule has 0 fully saturated rings. The molecule has 8 heteroatoms. The van der Waals surface area contributed by atoms with Gasteiger partial charge in [0.05, 0.1) is 16.6 Å². The summed E-state index contributed by atoms with van der Waals surface area (Å²) in [5, 5.41) is 7.41. The van der Waals surface area contributed by atoms with Crippen molar-refractivity contribution in [1.82, 2.24) is 5.16 Å². The van der Waals surface area contributed by atoms with Crippen LogP contribution in [-0.2, 0) is 6.18 Å². The highest BCUT2D eigenvalue weighted by atomic mass is 35.5. The van der Waals surface area contributed by atoms with E-state index >= 15 is 0 Å². The predicted molar refractivity (Wildman–Crippen MR) is 104 cm³/mol. The molecule has 146 valence electrons. The molecule has 0 bridgehead atoms. The van der Waals surface area contributed by atoms with Gasteiger partial charge in [0.15, 0.2) is 5.76 Å². The number of hydrogen-bond acceptors (Lipinski definition) is 3. The lowest BCUT2D eigenvalue weighted by atomic mass is 10.1. The van der Waals surface area contributed by atoms with Gasteiger partial charge in [0.2, 0.25) is 0 Å². The molecule has 0 aliphatic rings. The highest BCUT2D eigenvalue weighted by Gasteiger charge is 2.33. The molecule has 0 saturated heterocycles. The molecular formula is C21H12ClF3N2O2. The summed E-state index contributed by atoms with van der Waals surface area (Å²) in [5.41, 5.74) is 0.168. The quantitative estimate of drug-likeness (QED) is 0.419. The van der Waals surface area contributed by atoms with Crippen molar-refractivity contribution in [3.63, 3.8) is 0 Å². The normalized spacial score (nSPS) is 11.6. The zero-order chi connectivity index (χ0) is 20.6. The first-order valence-corrected chi connectivity index (χ1v) is 8.84. The van der Waals surface area contributed by atoms with Gasteiger partial charge >= 0.3 is 6.18 Å². The molecule has 1 N–H and O–H groups in total. The van der Waals surface area contributed by atoms with Crippen molar-refractivity contribution in [1.29, 1.82) is 0 Å². The molecule has 1 heterocycles. The van der Waals surface area contributed by atoms with E-state index in [1.54, 1.807) is 30.3 Å². The van der Waals surface area contributed by atoms with E-state index in [9.17, 15) is 18.0 Å². The second-order valence-electron chi connectivity index (χ2n) is 6.25. The van der Waals surface area contributed by atoms with Gasteiger partial charge in [-0.1, -0.05) is 28.9 Å². The Morgan fingerprint density at radius 1 is 1.00 bits per heavy atom. The van der Waals surface area contributed by atoms with Gasteiger partial charge in [-0.3, -0.25) is 4.79 Å². The Labute approximate surface area is 167 Å². The fourth-order valence-corrected chi connectivity index (χ4v) is 3.05. The number of nitrogens with one attached hydrogen (secondary N) is 1. The van der Waals surface area contributed by atoms with Crippen molar-refractivity contribution in [3.05, 3.63) is 82.9 Å². The smallest absolute Gasteiger partial charge is 0.355 e. The van der Waals surface area contributed by atoms with Crippen LogP contribution >= 0.6 is 11.6 Å². The van der Waals surface area contributed by atoms with Gasteiger partial charge in [-0.25, -0.2) is 0 Å². The lowest BCUT2D eigenvalue weighted by molar-refractivity contribution is -0.136. The maximum atomic E-state index is 13.2. The third kappa shape index (κ3) is 3.82. The highest BCUT2D eigenvalue weighted by molar-refractivity contribution is 6.30. The number of aromatic nitrogens is 1. The van der Waals surface area contributed by atoms with Crippen molar-refractivity contribution in [2.75, 3.05) is 5.32 Å². The Bertz CT molecular complexity index is 1200. The number of carbonyl (C=O) groups excluding carboxylic acids is 1. The summed E-state index contributed by atoms with van der Waals surface area (Å²) < 4.78 is 44.9. The van der Waals surface area contributed by atoms with E-state index in [0.29, 0.717) is 27.2 Å². The van der Waals surface area contributed by atoms with Crippen molar-refractivity contribution in [2.45, 2.75) is 6.18 Å². The molecule has 0 spiro atoms. The minimum Gasteiger partial charge on any atom is -0.355 e. The molecule has 0 atom stereocenters. The van der Waals surface area contributed by atoms with Gasteiger partial charge in [-0.15, -0.1) is 0 Å². The Morgan fingerprint density at radius 2 is 1.72 bits per heavy atom. The van der Waals surface area contributed by atoms with E-state index in [4.69, 9.17) is 16.1 Å². The number of nitrogens with zero attached hydrogens (tertiary/aromatic N) is 1. The van der Waals surface area contributed by atoms with Crippen LogP contribution in [0.4, 0.5) is 18.9 Å². The number of carbonyl (C=O) groups is 1. The summed E-state index contributed by atoms with van der Waals surface area (Å²) in [7, 11) is 0. The van der Waals surface area contributed by atoms with Gasteiger partial charge in [0.25, 0.3) is 5.91 Å². The van der Waals surface area contributed by atoms with Crippen LogP contribution in [-0.4, -0.2) is 11.1 Å². The summed E-state index contributed by atoms with van der Waals surface area (Å²) in [5.74, 6) is -0.242. The van der Waals surface area contributed by atoms with E-state index < -0.39 is 17.6 Å². The van der Waals surface area contributed by atoms with Crippen LogP contribution < -0.4 is 5.32 Å². The number of alkyl halides is 3. The molecule has 29 heavy (non-hydrogen) atoms. The lowest BCUT2D eigenvalue weighted by Gasteiger charge is -2.13. The van der Waals surface area contributed by atoms with Gasteiger partial charge < -0.3 is 9.84 Å². The molecule has 0 saturated carbocycles. The zero-order valence-electron chi connectivity index (χ0n) is 14.6. The Balaban J connectivity index is 1.69. The first-order chi connectivity index (χ1) is 13.8. The molecule has 4 nitrogen and oxygen atoms in total. The SMILES string of the molecule is O=C(Nc1ccccc1C(F)(F)F)c1ccc2noc(-c3ccc(Cl)cc3)c2c1. The third-order valence-corrected chi connectivity index (χ3v) is 4.58. The molecule has 1 aromatic heterocycles. The van der Waals surface area contributed by atoms with Gasteiger partial charge in [-0.05, 0) is 54.6 Å². The molecule has 0 aliphatic heterocycles. The largest absolute Gasteiger partial charge is 0.418 e. The van der Waals surface area contributed by atoms with Crippen LogP contribution in [0, 0.1) is 0 Å². The molecule has 1 amide bonds. The maximum absolute atomic E-state index is 13.2. The van der Waals surface area contributed by atoms with Crippen molar-refractivity contribution < 1.29 is 22.5 Å². The molecule has 4 aromatic rings. The topological polar surface area (TPSA) is 55.1 Å². The number of amides is 1. The van der Waals surface area contributed by atoms with Crippen LogP contribution in [0.5, 0.6) is 0 Å². The molecule has 0 radical (unpaired) electrons. The zero-order valence-corrected chi connectivity index (χ0v) is 15.4. The summed E-state index contributed by atoms with van der Waals surface area (Å²) in [4.78, 5) is 12.6. The first kappa shape index (κ1) is 19.0. The number of hydrogen-bond donors (Lipinski definition) is 1. The number of benzene rings is 3. The summed E-state index contributed by atoms with van der Waals surface area (Å²) >= 11 is 5.90. The molecule has 4 rings (SSSR count). The monoisotopic (exact) mass is 416 g/mol. The fraction of sp³-hybridized carbons (Fsp3) is 0.0476. The molecule has 0 aliphatic carbocycles. The minimum absolute atomic E-state index is 0.174. The summed E-state index contributed by atoms with van der Waals surface area (Å²) in [6, 6.07) is 16.3. The summed E-state index contributed by atoms with van der Waals surface area (Å²) in [6.45, 7) is 0. The average Bonchev–Trinajstić information content (AvgIpc) is 3.11. The van der Waals surface area contributed by atoms with Crippen LogP contribution in [0.2, 0.25) is 5.02 Å². The highest BCUT2D eigenvalue weighted by Crippen LogP contribution is 2.35. The third-order valence-electron chi connectivity index (χ3n) is 4.33. The molecule has 3 aromatic carbocycles. The number of fused-ring (bicyclic) bond motifs is 1. The lowest BCUT2D eigenvalue weighted by Crippen LogP contribution is -2.16. The second-order valence-corrected chi connectivity index (χ2v) is 6.68. The summed E-state index contributed by atoms with van der Waals surface area (Å²) in [6.07, 6.45) is -4.58. The van der Waals surface area contributed by atoms with Crippen LogP contribution in [0.1, 0.15) is 15.9 Å². The standard InChI is InChI=1S/C21H12ClF3N2O2/c22-14-8-5-12(6-9-14)19-15-11-13(7-10-17(15)27-29-19)20(28)26-18-4-2-1-3-16(18)21(23,24)25/h1-11H,(H,26,28). The van der Waals surface area contributed by atoms with E-state index in [-0.39, 0.29) is 11.3 Å². The van der Waals surface area contributed by atoms with Crippen molar-refractivity contribution in [3.8, 4) is 11.3 Å². The van der Waals surface area contributed by atoms with E-state index in [2.05, 4.69) is 10.5 Å². The first-order valence-electron chi connectivity index (χ1n) is 8.46. The van der Waals surface area contributed by atoms with Crippen molar-refractivity contribution in [2.24, 2.45) is 0 Å². The van der Waals surface area contributed by atoms with Gasteiger partial charge in [0.1, 0.15) is 5.52 Å². The minimum atomic E-state index is -4.58. The number of halogens is 4. The number of para-hydroxylation sites is 1. The van der Waals surface area contributed by atoms with Crippen LogP contribution in [0.15, 0.2) is 71.3 Å². The Morgan fingerprint density at radius 3 is 2.45 bits per heavy atom.